The van der Waals surface area contributed by atoms with Gasteiger partial charge in [0.25, 0.3) is 0 Å². The van der Waals surface area contributed by atoms with Crippen LogP contribution in [0.1, 0.15) is 25.3 Å². The fourth-order valence-corrected chi connectivity index (χ4v) is 3.30. The maximum absolute atomic E-state index is 6.41. The zero-order valence-electron chi connectivity index (χ0n) is 11.7. The Kier molecular flexibility index (Phi) is 3.76. The lowest BCUT2D eigenvalue weighted by Crippen LogP contribution is -2.47. The number of fused-ring (bicyclic) bond motifs is 1. The molecule has 3 atom stereocenters. The van der Waals surface area contributed by atoms with Crippen LogP contribution in [0.4, 0.5) is 5.69 Å². The van der Waals surface area contributed by atoms with E-state index in [-0.39, 0.29) is 6.04 Å². The van der Waals surface area contributed by atoms with Crippen molar-refractivity contribution in [3.8, 4) is 0 Å². The van der Waals surface area contributed by atoms with Gasteiger partial charge in [-0.3, -0.25) is 0 Å². The number of nitrogens with two attached hydrogens (primary N) is 1. The number of aryl methyl sites for hydroxylation is 1. The van der Waals surface area contributed by atoms with Crippen LogP contribution in [-0.4, -0.2) is 31.8 Å². The fourth-order valence-electron chi connectivity index (χ4n) is 3.30. The highest BCUT2D eigenvalue weighted by atomic mass is 16.5. The first-order chi connectivity index (χ1) is 9.25. The Bertz CT molecular complexity index is 429. The molecule has 2 aliphatic heterocycles. The van der Waals surface area contributed by atoms with Crippen molar-refractivity contribution >= 4 is 5.69 Å². The number of para-hydroxylation sites is 1. The lowest BCUT2D eigenvalue weighted by molar-refractivity contribution is 0.180. The van der Waals surface area contributed by atoms with Gasteiger partial charge in [0.2, 0.25) is 0 Å². The van der Waals surface area contributed by atoms with Crippen molar-refractivity contribution < 1.29 is 4.74 Å². The highest BCUT2D eigenvalue weighted by Crippen LogP contribution is 2.31. The largest absolute Gasteiger partial charge is 0.381 e. The first kappa shape index (κ1) is 12.9. The van der Waals surface area contributed by atoms with Gasteiger partial charge in [0.1, 0.15) is 0 Å². The molecule has 3 rings (SSSR count). The average Bonchev–Trinajstić information content (AvgIpc) is 2.96. The Morgan fingerprint density at radius 3 is 3.00 bits per heavy atom. The van der Waals surface area contributed by atoms with Crippen molar-refractivity contribution in [3.63, 3.8) is 0 Å². The summed E-state index contributed by atoms with van der Waals surface area (Å²) < 4.78 is 5.47. The van der Waals surface area contributed by atoms with Gasteiger partial charge in [-0.25, -0.2) is 0 Å². The second-order valence-electron chi connectivity index (χ2n) is 5.96. The third-order valence-corrected chi connectivity index (χ3v) is 4.64. The van der Waals surface area contributed by atoms with Gasteiger partial charge in [-0.05, 0) is 37.8 Å². The molecule has 3 nitrogen and oxygen atoms in total. The molecular formula is C16H24N2O. The predicted molar refractivity (Wildman–Crippen MR) is 78.5 cm³/mol. The van der Waals surface area contributed by atoms with Gasteiger partial charge >= 0.3 is 0 Å². The van der Waals surface area contributed by atoms with Crippen LogP contribution in [0, 0.1) is 5.92 Å². The summed E-state index contributed by atoms with van der Waals surface area (Å²) in [6, 6.07) is 9.56. The monoisotopic (exact) mass is 260 g/mol. The van der Waals surface area contributed by atoms with E-state index in [1.165, 1.54) is 24.1 Å². The van der Waals surface area contributed by atoms with Crippen LogP contribution in [-0.2, 0) is 11.2 Å². The molecule has 2 aliphatic rings. The SMILES string of the molecule is CC1CCc2ccccc2N1CC(N)C1CCOC1. The van der Waals surface area contributed by atoms with E-state index in [2.05, 4.69) is 36.1 Å². The van der Waals surface area contributed by atoms with Crippen LogP contribution >= 0.6 is 0 Å². The van der Waals surface area contributed by atoms with Crippen molar-refractivity contribution in [2.75, 3.05) is 24.7 Å². The van der Waals surface area contributed by atoms with E-state index >= 15 is 0 Å². The van der Waals surface area contributed by atoms with Gasteiger partial charge in [0.15, 0.2) is 0 Å². The van der Waals surface area contributed by atoms with E-state index in [0.29, 0.717) is 12.0 Å². The zero-order chi connectivity index (χ0) is 13.2. The van der Waals surface area contributed by atoms with E-state index in [9.17, 15) is 0 Å². The lowest BCUT2D eigenvalue weighted by Gasteiger charge is -2.39. The van der Waals surface area contributed by atoms with Gasteiger partial charge in [0, 0.05) is 36.8 Å². The fraction of sp³-hybridized carbons (Fsp3) is 0.625. The van der Waals surface area contributed by atoms with Crippen LogP contribution < -0.4 is 10.6 Å². The van der Waals surface area contributed by atoms with Gasteiger partial charge in [-0.1, -0.05) is 18.2 Å². The van der Waals surface area contributed by atoms with Crippen LogP contribution in [0.5, 0.6) is 0 Å². The molecule has 0 aromatic heterocycles. The Morgan fingerprint density at radius 2 is 2.21 bits per heavy atom. The summed E-state index contributed by atoms with van der Waals surface area (Å²) in [7, 11) is 0. The van der Waals surface area contributed by atoms with E-state index in [0.717, 1.165) is 26.2 Å². The van der Waals surface area contributed by atoms with Crippen molar-refractivity contribution in [3.05, 3.63) is 29.8 Å². The lowest BCUT2D eigenvalue weighted by atomic mass is 9.93. The molecule has 1 aromatic rings. The molecule has 104 valence electrons. The summed E-state index contributed by atoms with van der Waals surface area (Å²) >= 11 is 0. The molecule has 0 saturated carbocycles. The molecule has 0 spiro atoms. The van der Waals surface area contributed by atoms with Crippen molar-refractivity contribution in [2.24, 2.45) is 11.7 Å². The second-order valence-corrected chi connectivity index (χ2v) is 5.96. The van der Waals surface area contributed by atoms with Crippen LogP contribution in [0.15, 0.2) is 24.3 Å². The summed E-state index contributed by atoms with van der Waals surface area (Å²) in [6.07, 6.45) is 3.53. The molecule has 1 aromatic carbocycles. The van der Waals surface area contributed by atoms with Gasteiger partial charge < -0.3 is 15.4 Å². The smallest absolute Gasteiger partial charge is 0.0510 e. The van der Waals surface area contributed by atoms with E-state index < -0.39 is 0 Å². The van der Waals surface area contributed by atoms with Crippen molar-refractivity contribution in [1.29, 1.82) is 0 Å². The minimum Gasteiger partial charge on any atom is -0.381 e. The molecule has 2 heterocycles. The molecule has 0 aliphatic carbocycles. The molecule has 0 bridgehead atoms. The number of rotatable bonds is 3. The predicted octanol–water partition coefficient (Wildman–Crippen LogP) is 2.19. The van der Waals surface area contributed by atoms with E-state index in [1.807, 2.05) is 0 Å². The topological polar surface area (TPSA) is 38.5 Å². The summed E-state index contributed by atoms with van der Waals surface area (Å²) in [5, 5.41) is 0. The maximum Gasteiger partial charge on any atom is 0.0510 e. The zero-order valence-corrected chi connectivity index (χ0v) is 11.7. The maximum atomic E-state index is 6.41. The number of hydrogen-bond donors (Lipinski definition) is 1. The number of nitrogens with zero attached hydrogens (tertiary/aromatic N) is 1. The molecule has 3 unspecified atom stereocenters. The number of benzene rings is 1. The van der Waals surface area contributed by atoms with Crippen molar-refractivity contribution in [1.82, 2.24) is 0 Å². The van der Waals surface area contributed by atoms with Gasteiger partial charge in [0.05, 0.1) is 6.61 Å². The third-order valence-electron chi connectivity index (χ3n) is 4.64. The number of ether oxygens (including phenoxy) is 1. The van der Waals surface area contributed by atoms with Crippen LogP contribution in [0.25, 0.3) is 0 Å². The highest BCUT2D eigenvalue weighted by molar-refractivity contribution is 5.56. The Hall–Kier alpha value is -1.06. The van der Waals surface area contributed by atoms with Crippen LogP contribution in [0.2, 0.25) is 0 Å². The Labute approximate surface area is 115 Å². The third kappa shape index (κ3) is 2.63. The first-order valence-electron chi connectivity index (χ1n) is 7.43. The summed E-state index contributed by atoms with van der Waals surface area (Å²) in [4.78, 5) is 2.50. The standard InChI is InChI=1S/C16H24N2O/c1-12-6-7-13-4-2-3-5-16(13)18(12)10-15(17)14-8-9-19-11-14/h2-5,12,14-15H,6-11,17H2,1H3. The quantitative estimate of drug-likeness (QED) is 0.905. The Balaban J connectivity index is 1.75. The van der Waals surface area contributed by atoms with E-state index in [1.54, 1.807) is 0 Å². The van der Waals surface area contributed by atoms with Crippen molar-refractivity contribution in [2.45, 2.75) is 38.3 Å². The minimum absolute atomic E-state index is 0.219. The molecule has 3 heteroatoms. The molecule has 0 amide bonds. The van der Waals surface area contributed by atoms with Crippen LogP contribution in [0.3, 0.4) is 0 Å². The number of hydrogen-bond acceptors (Lipinski definition) is 3. The van der Waals surface area contributed by atoms with Gasteiger partial charge in [-0.15, -0.1) is 0 Å². The molecular weight excluding hydrogens is 236 g/mol. The second kappa shape index (κ2) is 5.51. The number of anilines is 1. The molecule has 1 fully saturated rings. The first-order valence-corrected chi connectivity index (χ1v) is 7.43. The highest BCUT2D eigenvalue weighted by Gasteiger charge is 2.28. The normalized spacial score (nSPS) is 28.2. The average molecular weight is 260 g/mol. The molecule has 1 saturated heterocycles. The van der Waals surface area contributed by atoms with E-state index in [4.69, 9.17) is 10.5 Å². The summed E-state index contributed by atoms with van der Waals surface area (Å²) in [5.74, 6) is 0.529. The Morgan fingerprint density at radius 1 is 1.37 bits per heavy atom. The van der Waals surface area contributed by atoms with Gasteiger partial charge in [-0.2, -0.15) is 0 Å². The minimum atomic E-state index is 0.219. The molecule has 19 heavy (non-hydrogen) atoms. The summed E-state index contributed by atoms with van der Waals surface area (Å²) in [5.41, 5.74) is 9.26. The molecule has 0 radical (unpaired) electrons. The summed E-state index contributed by atoms with van der Waals surface area (Å²) in [6.45, 7) is 4.98. The molecule has 2 N–H and O–H groups in total.